The van der Waals surface area contributed by atoms with E-state index in [0.29, 0.717) is 18.7 Å². The summed E-state index contributed by atoms with van der Waals surface area (Å²) in [7, 11) is 3.90. The number of hydrogen-bond acceptors (Lipinski definition) is 3. The van der Waals surface area contributed by atoms with Gasteiger partial charge < -0.3 is 14.9 Å². The first-order chi connectivity index (χ1) is 9.51. The molecule has 1 amide bonds. The van der Waals surface area contributed by atoms with Gasteiger partial charge in [0.25, 0.3) is 0 Å². The Morgan fingerprint density at radius 2 is 2.20 bits per heavy atom. The van der Waals surface area contributed by atoms with Crippen LogP contribution in [0.2, 0.25) is 0 Å². The lowest BCUT2D eigenvalue weighted by Crippen LogP contribution is -2.37. The SMILES string of the molecule is CN(C)[C@@H]1CN(C(=O)Cc2cccc(F)c2)C[C@H]1CO. The van der Waals surface area contributed by atoms with Gasteiger partial charge in [0.1, 0.15) is 5.82 Å². The van der Waals surface area contributed by atoms with Gasteiger partial charge in [-0.15, -0.1) is 0 Å². The van der Waals surface area contributed by atoms with Crippen molar-refractivity contribution >= 4 is 5.91 Å². The van der Waals surface area contributed by atoms with Gasteiger partial charge >= 0.3 is 0 Å². The molecule has 1 fully saturated rings. The number of likely N-dealkylation sites (N-methyl/N-ethyl adjacent to an activating group) is 1. The van der Waals surface area contributed by atoms with Crippen molar-refractivity contribution in [2.75, 3.05) is 33.8 Å². The molecule has 0 aliphatic carbocycles. The summed E-state index contributed by atoms with van der Waals surface area (Å²) in [6.45, 7) is 1.26. The number of carbonyl (C=O) groups excluding carboxylic acids is 1. The Bertz CT molecular complexity index is 479. The van der Waals surface area contributed by atoms with Crippen LogP contribution in [0.15, 0.2) is 24.3 Å². The monoisotopic (exact) mass is 280 g/mol. The third-order valence-electron chi connectivity index (χ3n) is 3.90. The quantitative estimate of drug-likeness (QED) is 0.885. The zero-order valence-corrected chi connectivity index (χ0v) is 11.9. The highest BCUT2D eigenvalue weighted by Gasteiger charge is 2.35. The first-order valence-electron chi connectivity index (χ1n) is 6.80. The van der Waals surface area contributed by atoms with Crippen molar-refractivity contribution < 1.29 is 14.3 Å². The molecule has 0 spiro atoms. The molecule has 1 aliphatic rings. The largest absolute Gasteiger partial charge is 0.396 e. The van der Waals surface area contributed by atoms with E-state index >= 15 is 0 Å². The summed E-state index contributed by atoms with van der Waals surface area (Å²) in [5.41, 5.74) is 0.684. The van der Waals surface area contributed by atoms with Gasteiger partial charge in [-0.3, -0.25) is 4.79 Å². The Labute approximate surface area is 118 Å². The molecule has 0 aromatic heterocycles. The van der Waals surface area contributed by atoms with Gasteiger partial charge in [0, 0.05) is 31.7 Å². The molecular formula is C15H21FN2O2. The van der Waals surface area contributed by atoms with Crippen LogP contribution in [0.25, 0.3) is 0 Å². The molecule has 2 rings (SSSR count). The van der Waals surface area contributed by atoms with Crippen LogP contribution in [0.5, 0.6) is 0 Å². The number of hydrogen-bond donors (Lipinski definition) is 1. The maximum atomic E-state index is 13.1. The summed E-state index contributed by atoms with van der Waals surface area (Å²) >= 11 is 0. The fourth-order valence-corrected chi connectivity index (χ4v) is 2.76. The molecule has 1 aromatic rings. The lowest BCUT2D eigenvalue weighted by molar-refractivity contribution is -0.129. The van der Waals surface area contributed by atoms with Crippen molar-refractivity contribution in [3.63, 3.8) is 0 Å². The highest BCUT2D eigenvalue weighted by atomic mass is 19.1. The van der Waals surface area contributed by atoms with Gasteiger partial charge in [0.2, 0.25) is 5.91 Å². The zero-order chi connectivity index (χ0) is 14.7. The number of aliphatic hydroxyl groups excluding tert-OH is 1. The van der Waals surface area contributed by atoms with Crippen LogP contribution in [0.3, 0.4) is 0 Å². The van der Waals surface area contributed by atoms with Gasteiger partial charge in [0.15, 0.2) is 0 Å². The molecule has 1 heterocycles. The van der Waals surface area contributed by atoms with Crippen molar-refractivity contribution in [3.8, 4) is 0 Å². The second-order valence-electron chi connectivity index (χ2n) is 5.58. The molecule has 0 radical (unpaired) electrons. The number of carbonyl (C=O) groups is 1. The highest BCUT2D eigenvalue weighted by molar-refractivity contribution is 5.79. The summed E-state index contributed by atoms with van der Waals surface area (Å²) < 4.78 is 13.1. The standard InChI is InChI=1S/C15H21FN2O2/c1-17(2)14-9-18(8-12(14)10-19)15(20)7-11-4-3-5-13(16)6-11/h3-6,12,14,19H,7-10H2,1-2H3/t12-,14+/m0/s1. The van der Waals surface area contributed by atoms with Crippen molar-refractivity contribution in [1.82, 2.24) is 9.80 Å². The van der Waals surface area contributed by atoms with Gasteiger partial charge in [-0.05, 0) is 31.8 Å². The van der Waals surface area contributed by atoms with Crippen LogP contribution in [0.4, 0.5) is 4.39 Å². The Hall–Kier alpha value is -1.46. The Balaban J connectivity index is 2.00. The van der Waals surface area contributed by atoms with Crippen molar-refractivity contribution in [3.05, 3.63) is 35.6 Å². The molecular weight excluding hydrogens is 259 g/mol. The third-order valence-corrected chi connectivity index (χ3v) is 3.90. The van der Waals surface area contributed by atoms with Gasteiger partial charge in [0.05, 0.1) is 6.42 Å². The highest BCUT2D eigenvalue weighted by Crippen LogP contribution is 2.21. The van der Waals surface area contributed by atoms with E-state index in [1.54, 1.807) is 17.0 Å². The Morgan fingerprint density at radius 1 is 1.45 bits per heavy atom. The number of nitrogens with zero attached hydrogens (tertiary/aromatic N) is 2. The molecule has 2 atom stereocenters. The number of amides is 1. The van der Waals surface area contributed by atoms with E-state index in [1.165, 1.54) is 12.1 Å². The van der Waals surface area contributed by atoms with Crippen LogP contribution in [-0.4, -0.2) is 60.6 Å². The summed E-state index contributed by atoms with van der Waals surface area (Å²) in [6, 6.07) is 6.30. The zero-order valence-electron chi connectivity index (χ0n) is 11.9. The molecule has 1 N–H and O–H groups in total. The number of rotatable bonds is 4. The molecule has 0 unspecified atom stereocenters. The average Bonchev–Trinajstić information content (AvgIpc) is 2.83. The average molecular weight is 280 g/mol. The molecule has 110 valence electrons. The summed E-state index contributed by atoms with van der Waals surface area (Å²) in [5.74, 6) is -0.254. The molecule has 0 saturated carbocycles. The predicted molar refractivity (Wildman–Crippen MR) is 74.7 cm³/mol. The molecule has 1 aromatic carbocycles. The Morgan fingerprint density at radius 3 is 2.75 bits per heavy atom. The minimum absolute atomic E-state index is 0.0154. The van der Waals surface area contributed by atoms with E-state index in [4.69, 9.17) is 0 Å². The fraction of sp³-hybridized carbons (Fsp3) is 0.533. The van der Waals surface area contributed by atoms with E-state index in [0.717, 1.165) is 0 Å². The fourth-order valence-electron chi connectivity index (χ4n) is 2.76. The van der Waals surface area contributed by atoms with Crippen LogP contribution in [-0.2, 0) is 11.2 Å². The smallest absolute Gasteiger partial charge is 0.227 e. The molecule has 5 heteroatoms. The first-order valence-corrected chi connectivity index (χ1v) is 6.80. The first kappa shape index (κ1) is 14.9. The van der Waals surface area contributed by atoms with E-state index in [2.05, 4.69) is 0 Å². The summed E-state index contributed by atoms with van der Waals surface area (Å²) in [5, 5.41) is 9.40. The number of aliphatic hydroxyl groups is 1. The second-order valence-corrected chi connectivity index (χ2v) is 5.58. The maximum absolute atomic E-state index is 13.1. The van der Waals surface area contributed by atoms with Crippen molar-refractivity contribution in [2.45, 2.75) is 12.5 Å². The van der Waals surface area contributed by atoms with Crippen LogP contribution < -0.4 is 0 Å². The summed E-state index contributed by atoms with van der Waals surface area (Å²) in [6.07, 6.45) is 0.204. The Kier molecular flexibility index (Phi) is 4.73. The van der Waals surface area contributed by atoms with E-state index < -0.39 is 0 Å². The minimum atomic E-state index is -0.323. The van der Waals surface area contributed by atoms with Crippen molar-refractivity contribution in [1.29, 1.82) is 0 Å². The maximum Gasteiger partial charge on any atom is 0.227 e. The molecule has 1 aliphatic heterocycles. The molecule has 1 saturated heterocycles. The topological polar surface area (TPSA) is 43.8 Å². The van der Waals surface area contributed by atoms with E-state index in [9.17, 15) is 14.3 Å². The number of likely N-dealkylation sites (tertiary alicyclic amines) is 1. The van der Waals surface area contributed by atoms with Crippen LogP contribution in [0.1, 0.15) is 5.56 Å². The normalized spacial score (nSPS) is 22.6. The van der Waals surface area contributed by atoms with Crippen LogP contribution in [0, 0.1) is 11.7 Å². The van der Waals surface area contributed by atoms with E-state index in [1.807, 2.05) is 19.0 Å². The van der Waals surface area contributed by atoms with E-state index in [-0.39, 0.29) is 36.7 Å². The van der Waals surface area contributed by atoms with Gasteiger partial charge in [-0.25, -0.2) is 4.39 Å². The van der Waals surface area contributed by atoms with Gasteiger partial charge in [-0.1, -0.05) is 12.1 Å². The second kappa shape index (κ2) is 6.33. The lowest BCUT2D eigenvalue weighted by atomic mass is 10.0. The molecule has 20 heavy (non-hydrogen) atoms. The lowest BCUT2D eigenvalue weighted by Gasteiger charge is -2.23. The number of benzene rings is 1. The predicted octanol–water partition coefficient (Wildman–Crippen LogP) is 0.749. The van der Waals surface area contributed by atoms with Crippen molar-refractivity contribution in [2.24, 2.45) is 5.92 Å². The number of halogens is 1. The van der Waals surface area contributed by atoms with Crippen LogP contribution >= 0.6 is 0 Å². The summed E-state index contributed by atoms with van der Waals surface area (Å²) in [4.78, 5) is 16.1. The minimum Gasteiger partial charge on any atom is -0.396 e. The third kappa shape index (κ3) is 3.35. The molecule has 0 bridgehead atoms. The van der Waals surface area contributed by atoms with Gasteiger partial charge in [-0.2, -0.15) is 0 Å². The molecule has 4 nitrogen and oxygen atoms in total.